The summed E-state index contributed by atoms with van der Waals surface area (Å²) in [6.07, 6.45) is 0.602. The quantitative estimate of drug-likeness (QED) is 0.456. The van der Waals surface area contributed by atoms with Crippen LogP contribution in [-0.4, -0.2) is 19.9 Å². The van der Waals surface area contributed by atoms with Gasteiger partial charge in [-0.2, -0.15) is 13.2 Å². The van der Waals surface area contributed by atoms with E-state index in [-0.39, 0.29) is 11.7 Å². The van der Waals surface area contributed by atoms with Crippen molar-refractivity contribution in [3.8, 4) is 0 Å². The van der Waals surface area contributed by atoms with Crippen molar-refractivity contribution < 1.29 is 13.2 Å². The highest BCUT2D eigenvalue weighted by molar-refractivity contribution is 7.12. The Bertz CT molecular complexity index is 1110. The molecule has 3 aromatic heterocycles. The Morgan fingerprint density at radius 3 is 2.53 bits per heavy atom. The molecule has 0 saturated heterocycles. The number of hydrogen-bond donors (Lipinski definition) is 3. The second kappa shape index (κ2) is 10.4. The third-order valence-electron chi connectivity index (χ3n) is 4.20. The highest BCUT2D eigenvalue weighted by atomic mass is 35.5. The molecule has 0 amide bonds. The van der Waals surface area contributed by atoms with Crippen LogP contribution in [0, 0.1) is 6.92 Å². The molecule has 0 aliphatic heterocycles. The SMILES string of the molecule is C=C(Nc1cc(C(F)(F)F)c(Cl)cn1)c1cnc([C@@H](C)c2ncnc(N)c2C)s1.C=CN. The van der Waals surface area contributed by atoms with Crippen LogP contribution >= 0.6 is 22.9 Å². The molecule has 32 heavy (non-hydrogen) atoms. The lowest BCUT2D eigenvalue weighted by Gasteiger charge is -2.12. The summed E-state index contributed by atoms with van der Waals surface area (Å²) >= 11 is 6.93. The fourth-order valence-corrected chi connectivity index (χ4v) is 3.71. The Balaban J connectivity index is 0.00000114. The number of rotatable bonds is 5. The number of nitrogens with zero attached hydrogens (tertiary/aromatic N) is 4. The number of pyridine rings is 1. The third kappa shape index (κ3) is 5.95. The molecule has 5 N–H and O–H groups in total. The molecule has 0 fully saturated rings. The van der Waals surface area contributed by atoms with Crippen molar-refractivity contribution in [3.63, 3.8) is 0 Å². The minimum Gasteiger partial charge on any atom is -0.405 e. The van der Waals surface area contributed by atoms with E-state index in [4.69, 9.17) is 17.3 Å². The highest BCUT2D eigenvalue weighted by Crippen LogP contribution is 2.36. The zero-order chi connectivity index (χ0) is 24.1. The maximum atomic E-state index is 13.0. The van der Waals surface area contributed by atoms with Gasteiger partial charge < -0.3 is 16.8 Å². The average molecular weight is 484 g/mol. The van der Waals surface area contributed by atoms with Crippen LogP contribution in [-0.2, 0) is 6.18 Å². The van der Waals surface area contributed by atoms with Gasteiger partial charge in [0.15, 0.2) is 0 Å². The molecular formula is C20H21ClF3N7S. The predicted molar refractivity (Wildman–Crippen MR) is 122 cm³/mol. The van der Waals surface area contributed by atoms with Crippen LogP contribution in [0.1, 0.15) is 39.5 Å². The summed E-state index contributed by atoms with van der Waals surface area (Å²) in [4.78, 5) is 17.2. The van der Waals surface area contributed by atoms with E-state index in [9.17, 15) is 13.2 Å². The molecule has 7 nitrogen and oxygen atoms in total. The molecule has 3 aromatic rings. The zero-order valence-corrected chi connectivity index (χ0v) is 18.8. The molecule has 3 heterocycles. The number of aromatic nitrogens is 4. The molecule has 12 heteroatoms. The molecule has 0 aliphatic rings. The molecule has 0 spiro atoms. The first kappa shape index (κ1) is 25.1. The van der Waals surface area contributed by atoms with Gasteiger partial charge in [-0.05, 0) is 19.2 Å². The van der Waals surface area contributed by atoms with Gasteiger partial charge in [-0.15, -0.1) is 11.3 Å². The van der Waals surface area contributed by atoms with Crippen molar-refractivity contribution in [1.82, 2.24) is 19.9 Å². The first-order valence-electron chi connectivity index (χ1n) is 9.03. The number of nitrogen functional groups attached to an aromatic ring is 1. The lowest BCUT2D eigenvalue weighted by atomic mass is 10.0. The number of thiazole rings is 1. The molecule has 0 bridgehead atoms. The number of halogens is 4. The molecule has 0 aromatic carbocycles. The van der Waals surface area contributed by atoms with Crippen molar-refractivity contribution in [3.05, 3.63) is 75.9 Å². The van der Waals surface area contributed by atoms with E-state index in [1.165, 1.54) is 23.9 Å². The minimum atomic E-state index is -4.58. The molecule has 0 unspecified atom stereocenters. The topological polar surface area (TPSA) is 116 Å². The molecule has 170 valence electrons. The van der Waals surface area contributed by atoms with Crippen LogP contribution < -0.4 is 16.8 Å². The van der Waals surface area contributed by atoms with Gasteiger partial charge in [0.2, 0.25) is 0 Å². The van der Waals surface area contributed by atoms with Crippen LogP contribution in [0.25, 0.3) is 5.70 Å². The molecule has 1 atom stereocenters. The molecule has 0 saturated carbocycles. The van der Waals surface area contributed by atoms with Gasteiger partial charge >= 0.3 is 6.18 Å². The fourth-order valence-electron chi connectivity index (χ4n) is 2.60. The van der Waals surface area contributed by atoms with Crippen LogP contribution in [0.5, 0.6) is 0 Å². The Morgan fingerprint density at radius 2 is 1.91 bits per heavy atom. The van der Waals surface area contributed by atoms with Crippen molar-refractivity contribution in [2.75, 3.05) is 11.1 Å². The second-order valence-corrected chi connectivity index (χ2v) is 7.91. The van der Waals surface area contributed by atoms with E-state index in [1.54, 1.807) is 6.20 Å². The van der Waals surface area contributed by atoms with Crippen molar-refractivity contribution in [2.45, 2.75) is 25.9 Å². The van der Waals surface area contributed by atoms with Crippen LogP contribution in [0.2, 0.25) is 5.02 Å². The van der Waals surface area contributed by atoms with Crippen LogP contribution in [0.15, 0.2) is 44.1 Å². The second-order valence-electron chi connectivity index (χ2n) is 6.44. The monoisotopic (exact) mass is 483 g/mol. The number of anilines is 2. The Kier molecular flexibility index (Phi) is 8.17. The van der Waals surface area contributed by atoms with Gasteiger partial charge in [0.25, 0.3) is 0 Å². The maximum absolute atomic E-state index is 13.0. The van der Waals surface area contributed by atoms with E-state index in [0.29, 0.717) is 16.4 Å². The molecule has 0 radical (unpaired) electrons. The van der Waals surface area contributed by atoms with Gasteiger partial charge in [-0.25, -0.2) is 19.9 Å². The lowest BCUT2D eigenvalue weighted by molar-refractivity contribution is -0.137. The highest BCUT2D eigenvalue weighted by Gasteiger charge is 2.33. The summed E-state index contributed by atoms with van der Waals surface area (Å²) in [5.74, 6) is 0.241. The molecule has 0 aliphatic carbocycles. The van der Waals surface area contributed by atoms with E-state index >= 15 is 0 Å². The smallest absolute Gasteiger partial charge is 0.405 e. The summed E-state index contributed by atoms with van der Waals surface area (Å²) in [5, 5.41) is 3.05. The van der Waals surface area contributed by atoms with Gasteiger partial charge in [0.1, 0.15) is 23.0 Å². The minimum absolute atomic E-state index is 0.0193. The third-order valence-corrected chi connectivity index (χ3v) is 5.74. The van der Waals surface area contributed by atoms with Crippen molar-refractivity contribution in [1.29, 1.82) is 0 Å². The first-order valence-corrected chi connectivity index (χ1v) is 10.2. The van der Waals surface area contributed by atoms with Gasteiger partial charge in [0.05, 0.1) is 32.8 Å². The van der Waals surface area contributed by atoms with E-state index in [2.05, 4.69) is 44.1 Å². The molecular weight excluding hydrogens is 463 g/mol. The predicted octanol–water partition coefficient (Wildman–Crippen LogP) is 5.21. The standard InChI is InChI=1S/C18H16ClF3N6S.C2H5N/c1-8-15(26-7-27-16(8)23)9(2)17-25-6-13(29-17)10(3)28-14-4-11(18(20,21)22)12(19)5-24-14;1-2-3/h4-7,9H,3H2,1-2H3,(H,24,28)(H2,23,26,27);2H,1,3H2/t9-;/m0./s1. The summed E-state index contributed by atoms with van der Waals surface area (Å²) in [6.45, 7) is 10.8. The zero-order valence-electron chi connectivity index (χ0n) is 17.2. The summed E-state index contributed by atoms with van der Waals surface area (Å²) in [5.41, 5.74) is 11.4. The molecule has 3 rings (SSSR count). The van der Waals surface area contributed by atoms with Gasteiger partial charge in [-0.3, -0.25) is 0 Å². The fraction of sp³-hybridized carbons (Fsp3) is 0.200. The Labute approximate surface area is 192 Å². The normalized spacial score (nSPS) is 11.8. The number of alkyl halides is 3. The van der Waals surface area contributed by atoms with E-state index in [0.717, 1.165) is 28.5 Å². The lowest BCUT2D eigenvalue weighted by Crippen LogP contribution is -2.08. The van der Waals surface area contributed by atoms with Gasteiger partial charge in [-0.1, -0.05) is 31.7 Å². The summed E-state index contributed by atoms with van der Waals surface area (Å²) in [6, 6.07) is 0.838. The number of nitrogens with one attached hydrogen (secondary N) is 1. The van der Waals surface area contributed by atoms with E-state index < -0.39 is 16.8 Å². The number of hydrogen-bond acceptors (Lipinski definition) is 8. The first-order chi connectivity index (χ1) is 15.0. The summed E-state index contributed by atoms with van der Waals surface area (Å²) in [7, 11) is 0. The maximum Gasteiger partial charge on any atom is 0.418 e. The number of nitrogens with two attached hydrogens (primary N) is 2. The summed E-state index contributed by atoms with van der Waals surface area (Å²) < 4.78 is 39.0. The Hall–Kier alpha value is -3.18. The van der Waals surface area contributed by atoms with E-state index in [1.807, 2.05) is 13.8 Å². The van der Waals surface area contributed by atoms with Crippen LogP contribution in [0.4, 0.5) is 24.8 Å². The van der Waals surface area contributed by atoms with Crippen molar-refractivity contribution in [2.24, 2.45) is 5.73 Å². The van der Waals surface area contributed by atoms with Crippen LogP contribution in [0.3, 0.4) is 0 Å². The average Bonchev–Trinajstić information content (AvgIpc) is 3.21. The van der Waals surface area contributed by atoms with Gasteiger partial charge in [0, 0.05) is 18.0 Å². The largest absolute Gasteiger partial charge is 0.418 e. The Morgan fingerprint density at radius 1 is 1.25 bits per heavy atom. The van der Waals surface area contributed by atoms with Crippen molar-refractivity contribution >= 4 is 40.3 Å².